The molecular weight excluding hydrogens is 178 g/mol. The lowest BCUT2D eigenvalue weighted by Crippen LogP contribution is -2.32. The molecule has 1 aromatic rings. The molecule has 2 atom stereocenters. The zero-order chi connectivity index (χ0) is 10.1. The molecule has 3 heteroatoms. The van der Waals surface area contributed by atoms with Crippen LogP contribution in [0.2, 0.25) is 0 Å². The minimum Gasteiger partial charge on any atom is -0.481 e. The van der Waals surface area contributed by atoms with Gasteiger partial charge in [0, 0.05) is 12.2 Å². The third-order valence-electron chi connectivity index (χ3n) is 2.88. The third-order valence-corrected chi connectivity index (χ3v) is 2.88. The van der Waals surface area contributed by atoms with Crippen LogP contribution in [0, 0.1) is 5.92 Å². The van der Waals surface area contributed by atoms with E-state index >= 15 is 0 Å². The van der Waals surface area contributed by atoms with Crippen molar-refractivity contribution in [1.29, 1.82) is 0 Å². The SMILES string of the molecule is CC1c2ccccc2NCC1C(=O)O. The summed E-state index contributed by atoms with van der Waals surface area (Å²) in [5, 5.41) is 12.1. The van der Waals surface area contributed by atoms with E-state index in [1.54, 1.807) is 0 Å². The molecule has 0 aliphatic carbocycles. The molecule has 1 aliphatic rings. The lowest BCUT2D eigenvalue weighted by Gasteiger charge is -2.29. The number of para-hydroxylation sites is 1. The second-order valence-corrected chi connectivity index (χ2v) is 3.70. The molecule has 3 nitrogen and oxygen atoms in total. The Morgan fingerprint density at radius 2 is 2.21 bits per heavy atom. The topological polar surface area (TPSA) is 49.3 Å². The number of rotatable bonds is 1. The number of hydrogen-bond acceptors (Lipinski definition) is 2. The van der Waals surface area contributed by atoms with E-state index in [-0.39, 0.29) is 11.8 Å². The second kappa shape index (κ2) is 3.33. The van der Waals surface area contributed by atoms with E-state index in [0.717, 1.165) is 11.3 Å². The average Bonchev–Trinajstić information content (AvgIpc) is 2.18. The summed E-state index contributed by atoms with van der Waals surface area (Å²) in [5.41, 5.74) is 2.17. The largest absolute Gasteiger partial charge is 0.481 e. The highest BCUT2D eigenvalue weighted by atomic mass is 16.4. The van der Waals surface area contributed by atoms with Gasteiger partial charge in [-0.3, -0.25) is 4.79 Å². The minimum absolute atomic E-state index is 0.0879. The Kier molecular flexibility index (Phi) is 2.15. The first-order valence-electron chi connectivity index (χ1n) is 4.75. The van der Waals surface area contributed by atoms with Crippen LogP contribution in [-0.4, -0.2) is 17.6 Å². The number of carboxylic acids is 1. The van der Waals surface area contributed by atoms with E-state index in [4.69, 9.17) is 5.11 Å². The molecule has 0 spiro atoms. The van der Waals surface area contributed by atoms with E-state index in [1.807, 2.05) is 31.2 Å². The molecule has 0 radical (unpaired) electrons. The fourth-order valence-electron chi connectivity index (χ4n) is 1.97. The summed E-state index contributed by atoms with van der Waals surface area (Å²) in [4.78, 5) is 10.9. The quantitative estimate of drug-likeness (QED) is 0.713. The van der Waals surface area contributed by atoms with Gasteiger partial charge in [-0.05, 0) is 17.5 Å². The highest BCUT2D eigenvalue weighted by Gasteiger charge is 2.30. The van der Waals surface area contributed by atoms with Crippen molar-refractivity contribution in [2.75, 3.05) is 11.9 Å². The molecule has 0 fully saturated rings. The lowest BCUT2D eigenvalue weighted by molar-refractivity contribution is -0.142. The van der Waals surface area contributed by atoms with E-state index in [1.165, 1.54) is 0 Å². The number of benzene rings is 1. The molecule has 1 heterocycles. The van der Waals surface area contributed by atoms with Crippen LogP contribution in [0.5, 0.6) is 0 Å². The predicted molar refractivity (Wildman–Crippen MR) is 54.5 cm³/mol. The maximum absolute atomic E-state index is 10.9. The smallest absolute Gasteiger partial charge is 0.308 e. The van der Waals surface area contributed by atoms with Crippen LogP contribution in [-0.2, 0) is 4.79 Å². The van der Waals surface area contributed by atoms with Gasteiger partial charge >= 0.3 is 5.97 Å². The first-order valence-corrected chi connectivity index (χ1v) is 4.75. The molecule has 0 amide bonds. The Labute approximate surface area is 82.8 Å². The summed E-state index contributed by atoms with van der Waals surface area (Å²) in [6, 6.07) is 7.88. The van der Waals surface area contributed by atoms with Crippen molar-refractivity contribution in [3.8, 4) is 0 Å². The average molecular weight is 191 g/mol. The maximum atomic E-state index is 10.9. The second-order valence-electron chi connectivity index (χ2n) is 3.70. The molecule has 0 aromatic heterocycles. The fraction of sp³-hybridized carbons (Fsp3) is 0.364. The Morgan fingerprint density at radius 1 is 1.50 bits per heavy atom. The maximum Gasteiger partial charge on any atom is 0.308 e. The summed E-state index contributed by atoms with van der Waals surface area (Å²) >= 11 is 0. The van der Waals surface area contributed by atoms with E-state index in [0.29, 0.717) is 6.54 Å². The van der Waals surface area contributed by atoms with Crippen LogP contribution in [0.3, 0.4) is 0 Å². The zero-order valence-electron chi connectivity index (χ0n) is 8.03. The standard InChI is InChI=1S/C11H13NO2/c1-7-8-4-2-3-5-10(8)12-6-9(7)11(13)14/h2-5,7,9,12H,6H2,1H3,(H,13,14). The number of hydrogen-bond donors (Lipinski definition) is 2. The number of nitrogens with one attached hydrogen (secondary N) is 1. The molecule has 0 saturated heterocycles. The van der Waals surface area contributed by atoms with Crippen molar-refractivity contribution in [3.05, 3.63) is 29.8 Å². The third kappa shape index (κ3) is 1.35. The molecule has 0 bridgehead atoms. The van der Waals surface area contributed by atoms with Crippen molar-refractivity contribution in [2.24, 2.45) is 5.92 Å². The highest BCUT2D eigenvalue weighted by molar-refractivity contribution is 5.74. The van der Waals surface area contributed by atoms with Crippen molar-refractivity contribution in [1.82, 2.24) is 0 Å². The Morgan fingerprint density at radius 3 is 2.93 bits per heavy atom. The van der Waals surface area contributed by atoms with Crippen LogP contribution in [0.4, 0.5) is 5.69 Å². The first-order chi connectivity index (χ1) is 6.70. The van der Waals surface area contributed by atoms with Gasteiger partial charge in [-0.2, -0.15) is 0 Å². The first kappa shape index (κ1) is 9.06. The molecular formula is C11H13NO2. The van der Waals surface area contributed by atoms with E-state index in [9.17, 15) is 4.79 Å². The molecule has 1 aliphatic heterocycles. The lowest BCUT2D eigenvalue weighted by atomic mass is 9.84. The highest BCUT2D eigenvalue weighted by Crippen LogP contribution is 2.34. The van der Waals surface area contributed by atoms with Crippen LogP contribution < -0.4 is 5.32 Å². The van der Waals surface area contributed by atoms with Crippen LogP contribution in [0.1, 0.15) is 18.4 Å². The number of fused-ring (bicyclic) bond motifs is 1. The monoisotopic (exact) mass is 191 g/mol. The van der Waals surface area contributed by atoms with Gasteiger partial charge < -0.3 is 10.4 Å². The Balaban J connectivity index is 2.36. The van der Waals surface area contributed by atoms with Gasteiger partial charge in [0.05, 0.1) is 5.92 Å². The predicted octanol–water partition coefficient (Wildman–Crippen LogP) is 1.92. The summed E-state index contributed by atoms with van der Waals surface area (Å²) < 4.78 is 0. The van der Waals surface area contributed by atoms with Crippen molar-refractivity contribution in [3.63, 3.8) is 0 Å². The summed E-state index contributed by atoms with van der Waals surface area (Å²) in [7, 11) is 0. The van der Waals surface area contributed by atoms with E-state index < -0.39 is 5.97 Å². The van der Waals surface area contributed by atoms with Gasteiger partial charge in [-0.1, -0.05) is 25.1 Å². The summed E-state index contributed by atoms with van der Waals surface area (Å²) in [6.45, 7) is 2.49. The summed E-state index contributed by atoms with van der Waals surface area (Å²) in [5.74, 6) is -0.950. The zero-order valence-corrected chi connectivity index (χ0v) is 8.03. The molecule has 0 saturated carbocycles. The van der Waals surface area contributed by atoms with Gasteiger partial charge in [-0.15, -0.1) is 0 Å². The van der Waals surface area contributed by atoms with Gasteiger partial charge in [0.25, 0.3) is 0 Å². The van der Waals surface area contributed by atoms with Crippen molar-refractivity contribution < 1.29 is 9.90 Å². The fourth-order valence-corrected chi connectivity index (χ4v) is 1.97. The Bertz CT molecular complexity index is 362. The number of aliphatic carboxylic acids is 1. The van der Waals surface area contributed by atoms with Gasteiger partial charge in [0.15, 0.2) is 0 Å². The van der Waals surface area contributed by atoms with Crippen molar-refractivity contribution in [2.45, 2.75) is 12.8 Å². The number of anilines is 1. The van der Waals surface area contributed by atoms with Gasteiger partial charge in [0.1, 0.15) is 0 Å². The van der Waals surface area contributed by atoms with E-state index in [2.05, 4.69) is 5.32 Å². The van der Waals surface area contributed by atoms with Crippen molar-refractivity contribution >= 4 is 11.7 Å². The molecule has 2 N–H and O–H groups in total. The molecule has 74 valence electrons. The molecule has 1 aromatic carbocycles. The summed E-state index contributed by atoms with van der Waals surface area (Å²) in [6.07, 6.45) is 0. The Hall–Kier alpha value is -1.51. The molecule has 14 heavy (non-hydrogen) atoms. The van der Waals surface area contributed by atoms with Crippen LogP contribution in [0.25, 0.3) is 0 Å². The van der Waals surface area contributed by atoms with Crippen LogP contribution >= 0.6 is 0 Å². The van der Waals surface area contributed by atoms with Gasteiger partial charge in [0.2, 0.25) is 0 Å². The molecule has 2 rings (SSSR count). The number of carboxylic acid groups (broad SMARTS) is 1. The normalized spacial score (nSPS) is 24.9. The molecule has 2 unspecified atom stereocenters. The minimum atomic E-state index is -0.723. The van der Waals surface area contributed by atoms with Crippen LogP contribution in [0.15, 0.2) is 24.3 Å². The number of carbonyl (C=O) groups is 1. The van der Waals surface area contributed by atoms with Gasteiger partial charge in [-0.25, -0.2) is 0 Å².